The van der Waals surface area contributed by atoms with E-state index in [0.717, 1.165) is 52.4 Å². The van der Waals surface area contributed by atoms with Gasteiger partial charge in [-0.05, 0) is 48.6 Å². The molecule has 3 aromatic rings. The molecule has 0 aliphatic heterocycles. The first-order valence-corrected chi connectivity index (χ1v) is 13.7. The highest BCUT2D eigenvalue weighted by Gasteiger charge is 2.32. The van der Waals surface area contributed by atoms with Gasteiger partial charge in [0.25, 0.3) is 0 Å². The molecule has 4 nitrogen and oxygen atoms in total. The van der Waals surface area contributed by atoms with E-state index >= 15 is 0 Å². The fourth-order valence-electron chi connectivity index (χ4n) is 5.03. The van der Waals surface area contributed by atoms with Crippen molar-refractivity contribution < 1.29 is 9.59 Å². The van der Waals surface area contributed by atoms with Gasteiger partial charge in [-0.25, -0.2) is 0 Å². The van der Waals surface area contributed by atoms with Gasteiger partial charge in [-0.15, -0.1) is 0 Å². The molecule has 1 unspecified atom stereocenters. The van der Waals surface area contributed by atoms with Crippen molar-refractivity contribution in [3.8, 4) is 0 Å². The number of nitrogens with one attached hydrogen (secondary N) is 1. The average Bonchev–Trinajstić information content (AvgIpc) is 2.87. The molecule has 1 aliphatic rings. The fraction of sp³-hybridized carbons (Fsp3) is 0.355. The average molecular weight is 548 g/mol. The summed E-state index contributed by atoms with van der Waals surface area (Å²) < 4.78 is 0.956. The SMILES string of the molecule is Cc1cccc(CC(=O)N(Cc2cccc(Br)c2)C(Cc2ccccc2)C(=O)NC2CCCCC2)c1. The van der Waals surface area contributed by atoms with Crippen molar-refractivity contribution in [3.63, 3.8) is 0 Å². The minimum absolute atomic E-state index is 0.0414. The van der Waals surface area contributed by atoms with Gasteiger partial charge in [0.05, 0.1) is 6.42 Å². The Morgan fingerprint density at radius 2 is 1.58 bits per heavy atom. The van der Waals surface area contributed by atoms with Gasteiger partial charge in [-0.1, -0.05) is 107 Å². The number of rotatable bonds is 9. The summed E-state index contributed by atoms with van der Waals surface area (Å²) in [7, 11) is 0. The molecule has 0 heterocycles. The van der Waals surface area contributed by atoms with E-state index in [0.29, 0.717) is 13.0 Å². The third-order valence-electron chi connectivity index (χ3n) is 6.90. The van der Waals surface area contributed by atoms with Crippen LogP contribution in [0.1, 0.15) is 54.4 Å². The standard InChI is InChI=1S/C31H35BrN2O2/c1-23-10-8-13-25(18-23)21-30(35)34(22-26-14-9-15-27(32)19-26)29(20-24-11-4-2-5-12-24)31(36)33-28-16-6-3-7-17-28/h2,4-5,8-15,18-19,28-29H,3,6-7,16-17,20-22H2,1H3,(H,33,36). The molecule has 0 radical (unpaired) electrons. The van der Waals surface area contributed by atoms with E-state index < -0.39 is 6.04 Å². The maximum atomic E-state index is 13.9. The van der Waals surface area contributed by atoms with Gasteiger partial charge in [0.2, 0.25) is 11.8 Å². The van der Waals surface area contributed by atoms with Crippen LogP contribution in [0.5, 0.6) is 0 Å². The minimum atomic E-state index is -0.592. The summed E-state index contributed by atoms with van der Waals surface area (Å²) in [5.74, 6) is -0.0985. The minimum Gasteiger partial charge on any atom is -0.352 e. The first kappa shape index (κ1) is 26.2. The summed E-state index contributed by atoms with van der Waals surface area (Å²) in [6.45, 7) is 2.41. The second-order valence-corrected chi connectivity index (χ2v) is 10.8. The van der Waals surface area contributed by atoms with Crippen LogP contribution in [0, 0.1) is 6.92 Å². The molecule has 188 valence electrons. The Kier molecular flexibility index (Phi) is 9.35. The number of nitrogens with zero attached hydrogens (tertiary/aromatic N) is 1. The first-order chi connectivity index (χ1) is 17.5. The third kappa shape index (κ3) is 7.54. The lowest BCUT2D eigenvalue weighted by Crippen LogP contribution is -2.53. The summed E-state index contributed by atoms with van der Waals surface area (Å²) >= 11 is 3.55. The van der Waals surface area contributed by atoms with Crippen molar-refractivity contribution in [2.75, 3.05) is 0 Å². The van der Waals surface area contributed by atoms with Crippen LogP contribution >= 0.6 is 15.9 Å². The molecule has 1 N–H and O–H groups in total. The van der Waals surface area contributed by atoms with Crippen molar-refractivity contribution in [1.82, 2.24) is 10.2 Å². The molecule has 0 saturated heterocycles. The molecule has 1 atom stereocenters. The smallest absolute Gasteiger partial charge is 0.243 e. The predicted molar refractivity (Wildman–Crippen MR) is 149 cm³/mol. The maximum absolute atomic E-state index is 13.9. The van der Waals surface area contributed by atoms with Crippen LogP contribution in [0.15, 0.2) is 83.3 Å². The molecule has 5 heteroatoms. The van der Waals surface area contributed by atoms with E-state index in [9.17, 15) is 9.59 Å². The van der Waals surface area contributed by atoms with Crippen LogP contribution in [0.3, 0.4) is 0 Å². The van der Waals surface area contributed by atoms with Crippen LogP contribution in [0.25, 0.3) is 0 Å². The molecule has 2 amide bonds. The molecule has 3 aromatic carbocycles. The van der Waals surface area contributed by atoms with E-state index in [1.807, 2.05) is 85.8 Å². The molecule has 0 aromatic heterocycles. The van der Waals surface area contributed by atoms with Gasteiger partial charge in [-0.3, -0.25) is 9.59 Å². The largest absolute Gasteiger partial charge is 0.352 e. The predicted octanol–water partition coefficient (Wildman–Crippen LogP) is 6.39. The Bertz CT molecular complexity index is 1160. The van der Waals surface area contributed by atoms with Gasteiger partial charge in [0, 0.05) is 23.5 Å². The second-order valence-electron chi connectivity index (χ2n) is 9.87. The van der Waals surface area contributed by atoms with Crippen molar-refractivity contribution in [2.24, 2.45) is 0 Å². The van der Waals surface area contributed by atoms with Crippen molar-refractivity contribution in [2.45, 2.75) is 70.5 Å². The highest BCUT2D eigenvalue weighted by Crippen LogP contribution is 2.21. The van der Waals surface area contributed by atoms with Crippen LogP contribution in [0.4, 0.5) is 0 Å². The topological polar surface area (TPSA) is 49.4 Å². The van der Waals surface area contributed by atoms with Gasteiger partial charge in [-0.2, -0.15) is 0 Å². The summed E-state index contributed by atoms with van der Waals surface area (Å²) in [6.07, 6.45) is 6.26. The molecule has 0 bridgehead atoms. The number of aryl methyl sites for hydroxylation is 1. The lowest BCUT2D eigenvalue weighted by atomic mass is 9.94. The Morgan fingerprint density at radius 3 is 2.31 bits per heavy atom. The van der Waals surface area contributed by atoms with Gasteiger partial charge in [0.1, 0.15) is 6.04 Å². The summed E-state index contributed by atoms with van der Waals surface area (Å²) in [4.78, 5) is 29.5. The monoisotopic (exact) mass is 546 g/mol. The highest BCUT2D eigenvalue weighted by molar-refractivity contribution is 9.10. The van der Waals surface area contributed by atoms with E-state index in [-0.39, 0.29) is 24.3 Å². The summed E-state index contributed by atoms with van der Waals surface area (Å²) in [5.41, 5.74) is 4.12. The first-order valence-electron chi connectivity index (χ1n) is 12.9. The van der Waals surface area contributed by atoms with Crippen molar-refractivity contribution >= 4 is 27.7 Å². The van der Waals surface area contributed by atoms with E-state index in [1.54, 1.807) is 4.90 Å². The molecule has 1 saturated carbocycles. The van der Waals surface area contributed by atoms with Crippen LogP contribution < -0.4 is 5.32 Å². The zero-order chi connectivity index (χ0) is 25.3. The van der Waals surface area contributed by atoms with Gasteiger partial charge in [0.15, 0.2) is 0 Å². The van der Waals surface area contributed by atoms with Crippen LogP contribution in [0.2, 0.25) is 0 Å². The number of benzene rings is 3. The molecule has 0 spiro atoms. The fourth-order valence-corrected chi connectivity index (χ4v) is 5.48. The Balaban J connectivity index is 1.65. The lowest BCUT2D eigenvalue weighted by Gasteiger charge is -2.33. The molecule has 36 heavy (non-hydrogen) atoms. The van der Waals surface area contributed by atoms with Crippen LogP contribution in [-0.2, 0) is 29.0 Å². The molecule has 4 rings (SSSR count). The van der Waals surface area contributed by atoms with Gasteiger partial charge < -0.3 is 10.2 Å². The number of hydrogen-bond acceptors (Lipinski definition) is 2. The van der Waals surface area contributed by atoms with Crippen molar-refractivity contribution in [3.05, 3.63) is 106 Å². The molecular weight excluding hydrogens is 512 g/mol. The number of carbonyl (C=O) groups is 2. The maximum Gasteiger partial charge on any atom is 0.243 e. The number of carbonyl (C=O) groups excluding carboxylic acids is 2. The van der Waals surface area contributed by atoms with E-state index in [2.05, 4.69) is 21.2 Å². The number of hydrogen-bond donors (Lipinski definition) is 1. The zero-order valence-electron chi connectivity index (χ0n) is 21.0. The molecule has 1 aliphatic carbocycles. The van der Waals surface area contributed by atoms with E-state index in [1.165, 1.54) is 6.42 Å². The lowest BCUT2D eigenvalue weighted by molar-refractivity contribution is -0.141. The Morgan fingerprint density at radius 1 is 0.889 bits per heavy atom. The third-order valence-corrected chi connectivity index (χ3v) is 7.40. The summed E-state index contributed by atoms with van der Waals surface area (Å²) in [6, 6.07) is 25.6. The highest BCUT2D eigenvalue weighted by atomic mass is 79.9. The number of halogens is 1. The normalized spacial score (nSPS) is 14.7. The number of amides is 2. The van der Waals surface area contributed by atoms with Crippen molar-refractivity contribution in [1.29, 1.82) is 0 Å². The summed E-state index contributed by atoms with van der Waals surface area (Å²) in [5, 5.41) is 3.30. The Hall–Kier alpha value is -2.92. The van der Waals surface area contributed by atoms with Crippen LogP contribution in [-0.4, -0.2) is 28.8 Å². The second kappa shape index (κ2) is 12.9. The van der Waals surface area contributed by atoms with Gasteiger partial charge >= 0.3 is 0 Å². The zero-order valence-corrected chi connectivity index (χ0v) is 22.5. The quantitative estimate of drug-likeness (QED) is 0.338. The van der Waals surface area contributed by atoms with E-state index in [4.69, 9.17) is 0 Å². The molecule has 1 fully saturated rings. The Labute approximate surface area is 223 Å². The molecular formula is C31H35BrN2O2.